The maximum absolute atomic E-state index is 12.0. The fourth-order valence-corrected chi connectivity index (χ4v) is 3.05. The van der Waals surface area contributed by atoms with Crippen LogP contribution in [0.2, 0.25) is 0 Å². The summed E-state index contributed by atoms with van der Waals surface area (Å²) in [5, 5.41) is 0.998. The largest absolute Gasteiger partial charge is 0.488 e. The third kappa shape index (κ3) is 3.88. The van der Waals surface area contributed by atoms with Crippen LogP contribution in [0.25, 0.3) is 17.0 Å². The number of benzene rings is 2. The normalized spacial score (nSPS) is 10.8. The molecule has 3 aromatic rings. The molecule has 1 aromatic heterocycles. The minimum absolute atomic E-state index is 0.302. The highest BCUT2D eigenvalue weighted by molar-refractivity contribution is 5.85. The lowest BCUT2D eigenvalue weighted by Gasteiger charge is -2.12. The molecule has 3 nitrogen and oxygen atoms in total. The molecule has 0 bridgehead atoms. The van der Waals surface area contributed by atoms with Gasteiger partial charge in [0.05, 0.1) is 0 Å². The van der Waals surface area contributed by atoms with E-state index in [1.807, 2.05) is 49.4 Å². The van der Waals surface area contributed by atoms with Crippen LogP contribution in [0, 0.1) is 6.92 Å². The lowest BCUT2D eigenvalue weighted by atomic mass is 10.0. The van der Waals surface area contributed by atoms with Gasteiger partial charge in [-0.3, -0.25) is 0 Å². The number of fused-ring (bicyclic) bond motifs is 1. The second-order valence-corrected chi connectivity index (χ2v) is 6.49. The first-order valence-corrected chi connectivity index (χ1v) is 9.03. The van der Waals surface area contributed by atoms with Gasteiger partial charge in [-0.2, -0.15) is 0 Å². The molecule has 3 heteroatoms. The van der Waals surface area contributed by atoms with Gasteiger partial charge in [0, 0.05) is 17.0 Å². The Bertz CT molecular complexity index is 965. The molecule has 0 atom stereocenters. The monoisotopic (exact) mass is 348 g/mol. The van der Waals surface area contributed by atoms with Crippen LogP contribution in [0.4, 0.5) is 0 Å². The van der Waals surface area contributed by atoms with Crippen LogP contribution in [-0.4, -0.2) is 0 Å². The number of rotatable bonds is 7. The molecule has 0 aliphatic rings. The number of aryl methyl sites for hydroxylation is 2. The first-order chi connectivity index (χ1) is 12.6. The van der Waals surface area contributed by atoms with E-state index < -0.39 is 0 Å². The number of hydrogen-bond acceptors (Lipinski definition) is 3. The first-order valence-electron chi connectivity index (χ1n) is 9.03. The zero-order valence-electron chi connectivity index (χ0n) is 15.4. The molecule has 0 aliphatic carbocycles. The summed E-state index contributed by atoms with van der Waals surface area (Å²) in [4.78, 5) is 12.0. The molecule has 0 fully saturated rings. The van der Waals surface area contributed by atoms with E-state index in [1.54, 1.807) is 6.07 Å². The average Bonchev–Trinajstić information content (AvgIpc) is 2.66. The van der Waals surface area contributed by atoms with Crippen molar-refractivity contribution in [3.63, 3.8) is 0 Å². The quantitative estimate of drug-likeness (QED) is 0.517. The fourth-order valence-electron chi connectivity index (χ4n) is 3.05. The molecular weight excluding hydrogens is 324 g/mol. The van der Waals surface area contributed by atoms with Gasteiger partial charge in [-0.05, 0) is 48.6 Å². The maximum Gasteiger partial charge on any atom is 0.336 e. The summed E-state index contributed by atoms with van der Waals surface area (Å²) in [5.74, 6) is 0.737. The topological polar surface area (TPSA) is 39.4 Å². The van der Waals surface area contributed by atoms with Gasteiger partial charge < -0.3 is 9.15 Å². The van der Waals surface area contributed by atoms with E-state index >= 15 is 0 Å². The van der Waals surface area contributed by atoms with E-state index in [4.69, 9.17) is 9.15 Å². The third-order valence-corrected chi connectivity index (χ3v) is 4.61. The standard InChI is InChI=1S/C23H24O3/c1-4-6-7-19-14-22(24)26-23-16(3)21(13-12-20(19)23)25-15-18-10-8-17(5-2)9-11-18/h5,8-14H,2,4,6-7,15H2,1,3H3. The fraction of sp³-hybridized carbons (Fsp3) is 0.261. The van der Waals surface area contributed by atoms with Gasteiger partial charge in [-0.1, -0.05) is 50.3 Å². The zero-order chi connectivity index (χ0) is 18.5. The van der Waals surface area contributed by atoms with Gasteiger partial charge in [-0.15, -0.1) is 0 Å². The van der Waals surface area contributed by atoms with Crippen LogP contribution in [-0.2, 0) is 13.0 Å². The van der Waals surface area contributed by atoms with E-state index in [9.17, 15) is 4.79 Å². The summed E-state index contributed by atoms with van der Waals surface area (Å²) in [7, 11) is 0. The van der Waals surface area contributed by atoms with Crippen molar-refractivity contribution >= 4 is 17.0 Å². The summed E-state index contributed by atoms with van der Waals surface area (Å²) < 4.78 is 11.5. The van der Waals surface area contributed by atoms with Crippen molar-refractivity contribution in [3.05, 3.63) is 81.7 Å². The predicted octanol–water partition coefficient (Wildman–Crippen LogP) is 5.67. The minimum atomic E-state index is -0.302. The Kier molecular flexibility index (Phi) is 5.57. The molecule has 26 heavy (non-hydrogen) atoms. The number of unbranched alkanes of at least 4 members (excludes halogenated alkanes) is 1. The molecule has 0 spiro atoms. The SMILES string of the molecule is C=Cc1ccc(COc2ccc3c(CCCC)cc(=O)oc3c2C)cc1. The Morgan fingerprint density at radius 1 is 1.15 bits per heavy atom. The van der Waals surface area contributed by atoms with Crippen LogP contribution in [0.15, 0.2) is 58.3 Å². The van der Waals surface area contributed by atoms with Crippen molar-refractivity contribution in [2.24, 2.45) is 0 Å². The van der Waals surface area contributed by atoms with Crippen molar-refractivity contribution in [1.29, 1.82) is 0 Å². The molecule has 0 unspecified atom stereocenters. The molecule has 0 radical (unpaired) electrons. The van der Waals surface area contributed by atoms with Gasteiger partial charge in [0.15, 0.2) is 0 Å². The molecular formula is C23H24O3. The van der Waals surface area contributed by atoms with Gasteiger partial charge in [0.1, 0.15) is 17.9 Å². The molecule has 0 N–H and O–H groups in total. The predicted molar refractivity (Wildman–Crippen MR) is 107 cm³/mol. The maximum atomic E-state index is 12.0. The summed E-state index contributed by atoms with van der Waals surface area (Å²) >= 11 is 0. The summed E-state index contributed by atoms with van der Waals surface area (Å²) in [6.45, 7) is 8.30. The van der Waals surface area contributed by atoms with Crippen molar-refractivity contribution in [2.75, 3.05) is 0 Å². The Labute approximate surface area is 153 Å². The molecule has 134 valence electrons. The van der Waals surface area contributed by atoms with Crippen LogP contribution in [0.3, 0.4) is 0 Å². The summed E-state index contributed by atoms with van der Waals surface area (Å²) in [5.41, 5.74) is 4.39. The Balaban J connectivity index is 1.88. The van der Waals surface area contributed by atoms with Crippen LogP contribution in [0.5, 0.6) is 5.75 Å². The zero-order valence-corrected chi connectivity index (χ0v) is 15.4. The Morgan fingerprint density at radius 2 is 1.92 bits per heavy atom. The molecule has 0 saturated heterocycles. The van der Waals surface area contributed by atoms with E-state index in [2.05, 4.69) is 13.5 Å². The molecule has 0 saturated carbocycles. The van der Waals surface area contributed by atoms with Gasteiger partial charge in [-0.25, -0.2) is 4.79 Å². The summed E-state index contributed by atoms with van der Waals surface area (Å²) in [6.07, 6.45) is 4.84. The van der Waals surface area contributed by atoms with E-state index in [0.29, 0.717) is 12.2 Å². The van der Waals surface area contributed by atoms with Gasteiger partial charge >= 0.3 is 5.63 Å². The third-order valence-electron chi connectivity index (χ3n) is 4.61. The number of ether oxygens (including phenoxy) is 1. The van der Waals surface area contributed by atoms with Crippen molar-refractivity contribution in [3.8, 4) is 5.75 Å². The van der Waals surface area contributed by atoms with Crippen molar-refractivity contribution in [2.45, 2.75) is 39.7 Å². The van der Waals surface area contributed by atoms with Crippen molar-refractivity contribution < 1.29 is 9.15 Å². The van der Waals surface area contributed by atoms with E-state index in [-0.39, 0.29) is 5.63 Å². The van der Waals surface area contributed by atoms with Crippen LogP contribution >= 0.6 is 0 Å². The Hall–Kier alpha value is -2.81. The first kappa shape index (κ1) is 18.0. The molecule has 2 aromatic carbocycles. The highest BCUT2D eigenvalue weighted by Crippen LogP contribution is 2.29. The minimum Gasteiger partial charge on any atom is -0.488 e. The van der Waals surface area contributed by atoms with Gasteiger partial charge in [0.25, 0.3) is 0 Å². The molecule has 0 aliphatic heterocycles. The second-order valence-electron chi connectivity index (χ2n) is 6.49. The smallest absolute Gasteiger partial charge is 0.336 e. The highest BCUT2D eigenvalue weighted by Gasteiger charge is 2.12. The lowest BCUT2D eigenvalue weighted by molar-refractivity contribution is 0.304. The Morgan fingerprint density at radius 3 is 2.62 bits per heavy atom. The molecule has 1 heterocycles. The molecule has 0 amide bonds. The van der Waals surface area contributed by atoms with E-state index in [0.717, 1.165) is 52.7 Å². The average molecular weight is 348 g/mol. The lowest BCUT2D eigenvalue weighted by Crippen LogP contribution is -2.03. The molecule has 3 rings (SSSR count). The summed E-state index contributed by atoms with van der Waals surface area (Å²) in [6, 6.07) is 13.6. The van der Waals surface area contributed by atoms with Crippen LogP contribution in [0.1, 0.15) is 42.0 Å². The second kappa shape index (κ2) is 8.05. The van der Waals surface area contributed by atoms with Gasteiger partial charge in [0.2, 0.25) is 0 Å². The highest BCUT2D eigenvalue weighted by atomic mass is 16.5. The van der Waals surface area contributed by atoms with E-state index in [1.165, 1.54) is 0 Å². The van der Waals surface area contributed by atoms with Crippen LogP contribution < -0.4 is 10.4 Å². The van der Waals surface area contributed by atoms with Crippen molar-refractivity contribution in [1.82, 2.24) is 0 Å². The number of hydrogen-bond donors (Lipinski definition) is 0.